The first-order valence-electron chi connectivity index (χ1n) is 11.1. The molecule has 3 rings (SSSR count). The first-order chi connectivity index (χ1) is 16.1. The molecular weight excluding hydrogens is 450 g/mol. The number of aromatic nitrogens is 2. The molecule has 2 aromatic rings. The molecule has 0 bridgehead atoms. The molecule has 1 aliphatic heterocycles. The molecule has 0 spiro atoms. The van der Waals surface area contributed by atoms with Gasteiger partial charge in [0.1, 0.15) is 17.2 Å². The summed E-state index contributed by atoms with van der Waals surface area (Å²) in [6.45, 7) is 16.0. The van der Waals surface area contributed by atoms with Crippen LogP contribution in [0.4, 0.5) is 5.95 Å². The third-order valence-electron chi connectivity index (χ3n) is 4.47. The number of hydrogen-bond donors (Lipinski definition) is 1. The molecule has 1 aliphatic rings. The SMILES string of the molecule is C=C/C=C(\C=C)S(=O)(=O)Nc1nc(Oc2ccccc2)cc(C2=CC(C)(C)CCO2)n1.CCC.[HH]. The van der Waals surface area contributed by atoms with Gasteiger partial charge in [0.15, 0.2) is 0 Å². The molecule has 1 aromatic carbocycles. The minimum Gasteiger partial charge on any atom is -0.492 e. The third kappa shape index (κ3) is 7.88. The summed E-state index contributed by atoms with van der Waals surface area (Å²) in [7, 11) is -3.97. The fourth-order valence-corrected chi connectivity index (χ4v) is 3.81. The number of nitrogens with zero attached hydrogens (tertiary/aromatic N) is 2. The van der Waals surface area contributed by atoms with E-state index < -0.39 is 10.0 Å². The van der Waals surface area contributed by atoms with Gasteiger partial charge >= 0.3 is 0 Å². The molecule has 2 heterocycles. The Morgan fingerprint density at radius 2 is 1.91 bits per heavy atom. The summed E-state index contributed by atoms with van der Waals surface area (Å²) < 4.78 is 39.4. The Balaban J connectivity index is 0.00000145. The van der Waals surface area contributed by atoms with Gasteiger partial charge in [0.2, 0.25) is 11.8 Å². The van der Waals surface area contributed by atoms with Crippen molar-refractivity contribution in [2.45, 2.75) is 40.5 Å². The van der Waals surface area contributed by atoms with E-state index in [1.54, 1.807) is 18.2 Å². The maximum Gasteiger partial charge on any atom is 0.264 e. The van der Waals surface area contributed by atoms with Crippen LogP contribution in [-0.4, -0.2) is 25.0 Å². The highest BCUT2D eigenvalue weighted by Gasteiger charge is 2.25. The molecule has 1 aromatic heterocycles. The number of anilines is 1. The summed E-state index contributed by atoms with van der Waals surface area (Å²) in [6, 6.07) is 10.7. The van der Waals surface area contributed by atoms with E-state index >= 15 is 0 Å². The van der Waals surface area contributed by atoms with Crippen LogP contribution < -0.4 is 9.46 Å². The van der Waals surface area contributed by atoms with Gasteiger partial charge in [-0.15, -0.1) is 0 Å². The number of nitrogens with one attached hydrogen (secondary N) is 1. The first kappa shape index (κ1) is 26.9. The van der Waals surface area contributed by atoms with Gasteiger partial charge in [-0.3, -0.25) is 0 Å². The van der Waals surface area contributed by atoms with E-state index in [9.17, 15) is 8.42 Å². The van der Waals surface area contributed by atoms with Crippen LogP contribution in [0.15, 0.2) is 78.8 Å². The summed E-state index contributed by atoms with van der Waals surface area (Å²) in [5, 5.41) is 0. The minimum atomic E-state index is -3.97. The summed E-state index contributed by atoms with van der Waals surface area (Å²) in [5.74, 6) is 1.13. The Kier molecular flexibility index (Phi) is 9.62. The second kappa shape index (κ2) is 12.2. The molecule has 0 aliphatic carbocycles. The van der Waals surface area contributed by atoms with E-state index in [-0.39, 0.29) is 23.6 Å². The van der Waals surface area contributed by atoms with E-state index in [4.69, 9.17) is 9.47 Å². The fourth-order valence-electron chi connectivity index (χ4n) is 2.86. The van der Waals surface area contributed by atoms with Crippen molar-refractivity contribution in [1.82, 2.24) is 9.97 Å². The summed E-state index contributed by atoms with van der Waals surface area (Å²) >= 11 is 0. The van der Waals surface area contributed by atoms with Gasteiger partial charge in [0.05, 0.1) is 11.5 Å². The van der Waals surface area contributed by atoms with Gasteiger partial charge in [-0.25, -0.2) is 18.1 Å². The van der Waals surface area contributed by atoms with Crippen LogP contribution in [0.2, 0.25) is 0 Å². The van der Waals surface area contributed by atoms with Crippen LogP contribution >= 0.6 is 0 Å². The van der Waals surface area contributed by atoms with E-state index in [1.165, 1.54) is 24.6 Å². The van der Waals surface area contributed by atoms with E-state index in [0.29, 0.717) is 23.8 Å². The Hall–Kier alpha value is -3.39. The highest BCUT2D eigenvalue weighted by Crippen LogP contribution is 2.34. The average molecular weight is 486 g/mol. The number of hydrogen-bond acceptors (Lipinski definition) is 6. The van der Waals surface area contributed by atoms with Gasteiger partial charge in [0.25, 0.3) is 10.0 Å². The van der Waals surface area contributed by atoms with Crippen LogP contribution in [0.25, 0.3) is 5.76 Å². The summed E-state index contributed by atoms with van der Waals surface area (Å²) in [5.41, 5.74) is 0.334. The molecule has 0 saturated carbocycles. The van der Waals surface area contributed by atoms with Crippen LogP contribution in [0, 0.1) is 5.41 Å². The Morgan fingerprint density at radius 1 is 1.24 bits per heavy atom. The highest BCUT2D eigenvalue weighted by atomic mass is 32.2. The lowest BCUT2D eigenvalue weighted by molar-refractivity contribution is 0.202. The number of benzene rings is 1. The molecule has 8 heteroatoms. The maximum atomic E-state index is 12.7. The number of allylic oxidation sites excluding steroid dienone is 4. The molecule has 184 valence electrons. The second-order valence-electron chi connectivity index (χ2n) is 8.25. The van der Waals surface area contributed by atoms with Crippen LogP contribution in [-0.2, 0) is 14.8 Å². The molecule has 0 atom stereocenters. The van der Waals surface area contributed by atoms with Crippen LogP contribution in [0.5, 0.6) is 11.6 Å². The van der Waals surface area contributed by atoms with E-state index in [2.05, 4.69) is 55.5 Å². The zero-order chi connectivity index (χ0) is 25.2. The molecule has 0 amide bonds. The van der Waals surface area contributed by atoms with E-state index in [1.807, 2.05) is 24.3 Å². The normalized spacial score (nSPS) is 15.1. The van der Waals surface area contributed by atoms with Crippen LogP contribution in [0.1, 0.15) is 47.7 Å². The summed E-state index contributed by atoms with van der Waals surface area (Å²) in [4.78, 5) is 8.53. The number of sulfonamides is 1. The number of rotatable bonds is 8. The minimum absolute atomic E-state index is 0. The van der Waals surface area contributed by atoms with Crippen molar-refractivity contribution >= 4 is 21.7 Å². The van der Waals surface area contributed by atoms with Gasteiger partial charge in [-0.05, 0) is 42.2 Å². The maximum absolute atomic E-state index is 12.7. The van der Waals surface area contributed by atoms with Gasteiger partial charge in [-0.1, -0.05) is 71.5 Å². The fraction of sp³-hybridized carbons (Fsp3) is 0.308. The molecule has 0 saturated heterocycles. The highest BCUT2D eigenvalue weighted by molar-refractivity contribution is 7.96. The molecular formula is C26H35N3O4S. The lowest BCUT2D eigenvalue weighted by Crippen LogP contribution is -2.19. The Morgan fingerprint density at radius 3 is 2.50 bits per heavy atom. The topological polar surface area (TPSA) is 90.4 Å². The van der Waals surface area contributed by atoms with Crippen LogP contribution in [0.3, 0.4) is 0 Å². The first-order valence-corrected chi connectivity index (χ1v) is 12.6. The van der Waals surface area contributed by atoms with Crippen molar-refractivity contribution in [3.05, 3.63) is 84.5 Å². The zero-order valence-corrected chi connectivity index (χ0v) is 21.1. The quantitative estimate of drug-likeness (QED) is 0.418. The van der Waals surface area contributed by atoms with Gasteiger partial charge < -0.3 is 9.47 Å². The molecule has 0 radical (unpaired) electrons. The molecule has 34 heavy (non-hydrogen) atoms. The zero-order valence-electron chi connectivity index (χ0n) is 20.2. The van der Waals surface area contributed by atoms with Crippen molar-refractivity contribution < 1.29 is 19.3 Å². The average Bonchev–Trinajstić information content (AvgIpc) is 2.77. The lowest BCUT2D eigenvalue weighted by atomic mass is 9.87. The lowest BCUT2D eigenvalue weighted by Gasteiger charge is -2.27. The van der Waals surface area contributed by atoms with Crippen molar-refractivity contribution in [3.8, 4) is 11.6 Å². The molecule has 0 unspecified atom stereocenters. The van der Waals surface area contributed by atoms with Crippen molar-refractivity contribution in [1.29, 1.82) is 0 Å². The molecule has 0 fully saturated rings. The smallest absolute Gasteiger partial charge is 0.264 e. The predicted molar refractivity (Wildman–Crippen MR) is 140 cm³/mol. The monoisotopic (exact) mass is 485 g/mol. The Bertz CT molecular complexity index is 1160. The summed E-state index contributed by atoms with van der Waals surface area (Å²) in [6.07, 6.45) is 7.99. The van der Waals surface area contributed by atoms with Gasteiger partial charge in [-0.2, -0.15) is 4.98 Å². The van der Waals surface area contributed by atoms with Crippen molar-refractivity contribution in [3.63, 3.8) is 0 Å². The predicted octanol–water partition coefficient (Wildman–Crippen LogP) is 6.72. The van der Waals surface area contributed by atoms with Crippen molar-refractivity contribution in [2.75, 3.05) is 11.3 Å². The van der Waals surface area contributed by atoms with Gasteiger partial charge in [0, 0.05) is 7.49 Å². The van der Waals surface area contributed by atoms with Crippen molar-refractivity contribution in [2.24, 2.45) is 5.41 Å². The standard InChI is InChI=1S/C23H25N3O4S.C3H8.H2/c1-5-10-18(6-2)31(27,28)26-22-24-19(20-16-23(3,4)13-14-29-20)15-21(25-22)30-17-11-8-7-9-12-17;1-3-2;/h5-12,15-16H,1-2,13-14H2,3-4H3,(H,24,25,26);3H2,1-2H3;1H/b18-10+;;. The largest absolute Gasteiger partial charge is 0.492 e. The number of para-hydroxylation sites is 1. The third-order valence-corrected chi connectivity index (χ3v) is 5.84. The molecule has 7 nitrogen and oxygen atoms in total. The number of ether oxygens (including phenoxy) is 2. The Labute approximate surface area is 204 Å². The molecule has 1 N–H and O–H groups in total. The second-order valence-corrected chi connectivity index (χ2v) is 9.93. The van der Waals surface area contributed by atoms with E-state index in [0.717, 1.165) is 6.42 Å².